The average molecular weight is 373 g/mol. The number of nitrogens with one attached hydrogen (secondary N) is 1. The Kier molecular flexibility index (Phi) is 4.17. The van der Waals surface area contributed by atoms with Crippen LogP contribution >= 0.6 is 31.9 Å². The van der Waals surface area contributed by atoms with E-state index >= 15 is 0 Å². The molecule has 1 atom stereocenters. The Hall–Kier alpha value is -0.740. The van der Waals surface area contributed by atoms with E-state index in [2.05, 4.69) is 50.2 Å². The largest absolute Gasteiger partial charge is 0.466 e. The Morgan fingerprint density at radius 2 is 1.89 bits per heavy atom. The fourth-order valence-corrected chi connectivity index (χ4v) is 3.16. The third-order valence-electron chi connectivity index (χ3n) is 2.85. The number of anilines is 1. The molecule has 0 amide bonds. The highest BCUT2D eigenvalue weighted by atomic mass is 79.9. The zero-order chi connectivity index (χ0) is 13.3. The van der Waals surface area contributed by atoms with E-state index in [1.165, 1.54) is 5.56 Å². The van der Waals surface area contributed by atoms with Gasteiger partial charge in [0.25, 0.3) is 0 Å². The van der Waals surface area contributed by atoms with Gasteiger partial charge in [0.15, 0.2) is 0 Å². The van der Waals surface area contributed by atoms with E-state index in [-0.39, 0.29) is 6.04 Å². The van der Waals surface area contributed by atoms with Crippen molar-refractivity contribution in [2.24, 2.45) is 0 Å². The third kappa shape index (κ3) is 2.98. The normalized spacial score (nSPS) is 12.5. The molecule has 2 nitrogen and oxygen atoms in total. The van der Waals surface area contributed by atoms with Gasteiger partial charge in [-0.2, -0.15) is 0 Å². The van der Waals surface area contributed by atoms with Crippen LogP contribution in [0.3, 0.4) is 0 Å². The van der Waals surface area contributed by atoms with Crippen molar-refractivity contribution in [3.05, 3.63) is 50.3 Å². The molecule has 96 valence electrons. The van der Waals surface area contributed by atoms with Crippen LogP contribution in [0.1, 0.15) is 30.0 Å². The first-order chi connectivity index (χ1) is 8.47. The second-order valence-electron chi connectivity index (χ2n) is 4.36. The standard InChI is InChI=1S/C14H15Br2NO/c1-8-6-12(10(3)18-8)9(2)17-14-5-4-11(15)7-13(14)16/h4-7,9,17H,1-3H3. The highest BCUT2D eigenvalue weighted by Gasteiger charge is 2.13. The molecule has 0 fully saturated rings. The van der Waals surface area contributed by atoms with E-state index in [1.807, 2.05) is 32.0 Å². The van der Waals surface area contributed by atoms with Gasteiger partial charge in [0.2, 0.25) is 0 Å². The maximum Gasteiger partial charge on any atom is 0.106 e. The van der Waals surface area contributed by atoms with E-state index < -0.39 is 0 Å². The Morgan fingerprint density at radius 1 is 1.17 bits per heavy atom. The smallest absolute Gasteiger partial charge is 0.106 e. The number of halogens is 2. The molecule has 1 unspecified atom stereocenters. The van der Waals surface area contributed by atoms with Crippen LogP contribution in [0.4, 0.5) is 5.69 Å². The van der Waals surface area contributed by atoms with Gasteiger partial charge in [-0.05, 0) is 61.0 Å². The monoisotopic (exact) mass is 371 g/mol. The van der Waals surface area contributed by atoms with Gasteiger partial charge in [0, 0.05) is 20.2 Å². The van der Waals surface area contributed by atoms with Crippen LogP contribution in [0.25, 0.3) is 0 Å². The van der Waals surface area contributed by atoms with Crippen molar-refractivity contribution < 1.29 is 4.42 Å². The molecule has 0 aliphatic carbocycles. The minimum atomic E-state index is 0.208. The van der Waals surface area contributed by atoms with Crippen LogP contribution in [0.5, 0.6) is 0 Å². The first-order valence-corrected chi connectivity index (χ1v) is 7.34. The minimum Gasteiger partial charge on any atom is -0.466 e. The molecule has 0 aliphatic rings. The maximum atomic E-state index is 5.56. The molecule has 18 heavy (non-hydrogen) atoms. The summed E-state index contributed by atoms with van der Waals surface area (Å²) in [5.74, 6) is 1.92. The summed E-state index contributed by atoms with van der Waals surface area (Å²) in [4.78, 5) is 0. The second kappa shape index (κ2) is 5.49. The van der Waals surface area contributed by atoms with Gasteiger partial charge in [-0.1, -0.05) is 15.9 Å². The Labute approximate surface area is 124 Å². The fraction of sp³-hybridized carbons (Fsp3) is 0.286. The summed E-state index contributed by atoms with van der Waals surface area (Å²) < 4.78 is 7.66. The number of rotatable bonds is 3. The van der Waals surface area contributed by atoms with Crippen LogP contribution in [-0.2, 0) is 0 Å². The summed E-state index contributed by atoms with van der Waals surface area (Å²) in [6, 6.07) is 8.39. The molecule has 0 saturated carbocycles. The maximum absolute atomic E-state index is 5.56. The molecule has 2 rings (SSSR count). The summed E-state index contributed by atoms with van der Waals surface area (Å²) in [6.45, 7) is 6.10. The molecule has 1 heterocycles. The predicted molar refractivity (Wildman–Crippen MR) is 82.1 cm³/mol. The number of furan rings is 1. The van der Waals surface area contributed by atoms with Crippen molar-refractivity contribution in [2.45, 2.75) is 26.8 Å². The van der Waals surface area contributed by atoms with E-state index in [9.17, 15) is 0 Å². The fourth-order valence-electron chi connectivity index (χ4n) is 2.00. The molecular weight excluding hydrogens is 358 g/mol. The Morgan fingerprint density at radius 3 is 2.44 bits per heavy atom. The number of hydrogen-bond donors (Lipinski definition) is 1. The van der Waals surface area contributed by atoms with Gasteiger partial charge in [-0.15, -0.1) is 0 Å². The van der Waals surface area contributed by atoms with Crippen molar-refractivity contribution in [3.63, 3.8) is 0 Å². The summed E-state index contributed by atoms with van der Waals surface area (Å²) in [6.07, 6.45) is 0. The first kappa shape index (κ1) is 13.7. The van der Waals surface area contributed by atoms with E-state index in [4.69, 9.17) is 4.42 Å². The zero-order valence-electron chi connectivity index (χ0n) is 10.6. The highest BCUT2D eigenvalue weighted by Crippen LogP contribution is 2.30. The zero-order valence-corrected chi connectivity index (χ0v) is 13.7. The number of aryl methyl sites for hydroxylation is 2. The van der Waals surface area contributed by atoms with Crippen LogP contribution in [-0.4, -0.2) is 0 Å². The van der Waals surface area contributed by atoms with Crippen LogP contribution in [0, 0.1) is 13.8 Å². The van der Waals surface area contributed by atoms with Gasteiger partial charge < -0.3 is 9.73 Å². The number of benzene rings is 1. The molecular formula is C14H15Br2NO. The van der Waals surface area contributed by atoms with Gasteiger partial charge in [0.1, 0.15) is 11.5 Å². The SMILES string of the molecule is Cc1cc(C(C)Nc2ccc(Br)cc2Br)c(C)o1. The van der Waals surface area contributed by atoms with Crippen molar-refractivity contribution in [3.8, 4) is 0 Å². The Bertz CT molecular complexity index is 563. The molecule has 0 saturated heterocycles. The summed E-state index contributed by atoms with van der Waals surface area (Å²) in [5, 5.41) is 3.48. The van der Waals surface area contributed by atoms with Crippen molar-refractivity contribution in [2.75, 3.05) is 5.32 Å². The summed E-state index contributed by atoms with van der Waals surface area (Å²) in [5.41, 5.74) is 2.27. The van der Waals surface area contributed by atoms with Crippen LogP contribution in [0.15, 0.2) is 37.6 Å². The molecule has 0 bridgehead atoms. The van der Waals surface area contributed by atoms with Crippen molar-refractivity contribution in [1.29, 1.82) is 0 Å². The van der Waals surface area contributed by atoms with Gasteiger partial charge in [-0.25, -0.2) is 0 Å². The van der Waals surface area contributed by atoms with Crippen molar-refractivity contribution in [1.82, 2.24) is 0 Å². The Balaban J connectivity index is 2.21. The average Bonchev–Trinajstić information content (AvgIpc) is 2.62. The molecule has 0 radical (unpaired) electrons. The third-order valence-corrected chi connectivity index (χ3v) is 4.00. The summed E-state index contributed by atoms with van der Waals surface area (Å²) >= 11 is 7.01. The molecule has 2 aromatic rings. The first-order valence-electron chi connectivity index (χ1n) is 5.76. The van der Waals surface area contributed by atoms with Crippen LogP contribution in [0.2, 0.25) is 0 Å². The molecule has 1 aromatic carbocycles. The van der Waals surface area contributed by atoms with E-state index in [0.29, 0.717) is 0 Å². The lowest BCUT2D eigenvalue weighted by atomic mass is 10.1. The van der Waals surface area contributed by atoms with Gasteiger partial charge in [0.05, 0.1) is 6.04 Å². The quantitative estimate of drug-likeness (QED) is 0.759. The van der Waals surface area contributed by atoms with Gasteiger partial charge >= 0.3 is 0 Å². The molecule has 1 aromatic heterocycles. The lowest BCUT2D eigenvalue weighted by Gasteiger charge is -2.16. The lowest BCUT2D eigenvalue weighted by molar-refractivity contribution is 0.500. The summed E-state index contributed by atoms with van der Waals surface area (Å²) in [7, 11) is 0. The van der Waals surface area contributed by atoms with Crippen LogP contribution < -0.4 is 5.32 Å². The number of hydrogen-bond acceptors (Lipinski definition) is 2. The second-order valence-corrected chi connectivity index (χ2v) is 6.13. The molecule has 0 aliphatic heterocycles. The minimum absolute atomic E-state index is 0.208. The van der Waals surface area contributed by atoms with Crippen molar-refractivity contribution >= 4 is 37.5 Å². The topological polar surface area (TPSA) is 25.2 Å². The van der Waals surface area contributed by atoms with E-state index in [0.717, 1.165) is 26.2 Å². The molecule has 1 N–H and O–H groups in total. The van der Waals surface area contributed by atoms with E-state index in [1.54, 1.807) is 0 Å². The van der Waals surface area contributed by atoms with Gasteiger partial charge in [-0.3, -0.25) is 0 Å². The molecule has 4 heteroatoms. The highest BCUT2D eigenvalue weighted by molar-refractivity contribution is 9.11. The lowest BCUT2D eigenvalue weighted by Crippen LogP contribution is -2.07. The molecule has 0 spiro atoms. The predicted octanol–water partition coefficient (Wildman–Crippen LogP) is 5.59.